The third kappa shape index (κ3) is 3.11. The lowest BCUT2D eigenvalue weighted by Crippen LogP contribution is -2.33. The van der Waals surface area contributed by atoms with Gasteiger partial charge in [0.15, 0.2) is 5.82 Å². The van der Waals surface area contributed by atoms with Gasteiger partial charge in [0, 0.05) is 6.04 Å². The van der Waals surface area contributed by atoms with Gasteiger partial charge >= 0.3 is 5.97 Å². The first-order valence-electron chi connectivity index (χ1n) is 6.00. The first-order valence-corrected chi connectivity index (χ1v) is 7.86. The van der Waals surface area contributed by atoms with Crippen molar-refractivity contribution in [3.8, 4) is 0 Å². The summed E-state index contributed by atoms with van der Waals surface area (Å²) in [5, 5.41) is 8.60. The van der Waals surface area contributed by atoms with Crippen molar-refractivity contribution in [2.45, 2.75) is 30.2 Å². The Morgan fingerprint density at radius 1 is 1.40 bits per heavy atom. The fraction of sp³-hybridized carbons (Fsp3) is 0.417. The van der Waals surface area contributed by atoms with Crippen molar-refractivity contribution in [1.82, 2.24) is 4.72 Å². The van der Waals surface area contributed by atoms with E-state index in [1.807, 2.05) is 0 Å². The van der Waals surface area contributed by atoms with E-state index in [0.29, 0.717) is 12.8 Å². The van der Waals surface area contributed by atoms with E-state index >= 15 is 0 Å². The molecule has 5 nitrogen and oxygen atoms in total. The van der Waals surface area contributed by atoms with Gasteiger partial charge in [-0.2, -0.15) is 0 Å². The van der Waals surface area contributed by atoms with Crippen LogP contribution in [0.5, 0.6) is 0 Å². The number of benzene rings is 1. The number of carbonyl (C=O) groups is 1. The summed E-state index contributed by atoms with van der Waals surface area (Å²) in [6.07, 6.45) is 1.02. The predicted molar refractivity (Wildman–Crippen MR) is 70.5 cm³/mol. The summed E-state index contributed by atoms with van der Waals surface area (Å²) in [5.74, 6) is -2.51. The van der Waals surface area contributed by atoms with E-state index < -0.39 is 38.7 Å². The molecule has 0 aromatic heterocycles. The van der Waals surface area contributed by atoms with Crippen LogP contribution in [0.3, 0.4) is 0 Å². The molecule has 0 spiro atoms. The molecule has 1 aromatic carbocycles. The summed E-state index contributed by atoms with van der Waals surface area (Å²) >= 11 is 5.56. The second-order valence-corrected chi connectivity index (χ2v) is 6.81. The predicted octanol–water partition coefficient (Wildman–Crippen LogP) is 2.01. The Hall–Kier alpha value is -1.18. The third-order valence-electron chi connectivity index (χ3n) is 3.31. The second-order valence-electron chi connectivity index (χ2n) is 4.72. The molecule has 0 heterocycles. The molecule has 2 atom stereocenters. The highest BCUT2D eigenvalue weighted by Gasteiger charge is 2.33. The van der Waals surface area contributed by atoms with Crippen molar-refractivity contribution in [3.05, 3.63) is 29.0 Å². The maximum Gasteiger partial charge on any atom is 0.306 e. The van der Waals surface area contributed by atoms with E-state index in [1.165, 1.54) is 12.1 Å². The summed E-state index contributed by atoms with van der Waals surface area (Å²) < 4.78 is 40.2. The van der Waals surface area contributed by atoms with Crippen LogP contribution in [-0.2, 0) is 14.8 Å². The van der Waals surface area contributed by atoms with E-state index in [-0.39, 0.29) is 11.4 Å². The molecular formula is C12H13ClFNO4S. The molecule has 1 aromatic rings. The van der Waals surface area contributed by atoms with Crippen LogP contribution in [0.2, 0.25) is 5.02 Å². The lowest BCUT2D eigenvalue weighted by atomic mass is 10.1. The number of rotatable bonds is 4. The number of halogens is 2. The van der Waals surface area contributed by atoms with E-state index in [0.717, 1.165) is 6.07 Å². The smallest absolute Gasteiger partial charge is 0.306 e. The molecule has 0 bridgehead atoms. The zero-order valence-electron chi connectivity index (χ0n) is 10.3. The first kappa shape index (κ1) is 15.2. The highest BCUT2D eigenvalue weighted by Crippen LogP contribution is 2.28. The lowest BCUT2D eigenvalue weighted by Gasteiger charge is -2.13. The number of hydrogen-bond donors (Lipinski definition) is 2. The summed E-state index contributed by atoms with van der Waals surface area (Å²) in [7, 11) is -4.05. The molecule has 2 N–H and O–H groups in total. The zero-order valence-corrected chi connectivity index (χ0v) is 11.9. The maximum atomic E-state index is 13.7. The Morgan fingerprint density at radius 2 is 2.10 bits per heavy atom. The largest absolute Gasteiger partial charge is 0.481 e. The van der Waals surface area contributed by atoms with Gasteiger partial charge in [-0.05, 0) is 31.4 Å². The van der Waals surface area contributed by atoms with Crippen molar-refractivity contribution in [3.63, 3.8) is 0 Å². The molecule has 0 aliphatic heterocycles. The first-order chi connectivity index (χ1) is 9.31. The molecule has 20 heavy (non-hydrogen) atoms. The van der Waals surface area contributed by atoms with Gasteiger partial charge in [0.1, 0.15) is 4.90 Å². The van der Waals surface area contributed by atoms with Gasteiger partial charge in [0.05, 0.1) is 10.9 Å². The fourth-order valence-electron chi connectivity index (χ4n) is 2.29. The number of carboxylic acids is 1. The number of nitrogens with one attached hydrogen (secondary N) is 1. The molecular weight excluding hydrogens is 309 g/mol. The average molecular weight is 322 g/mol. The van der Waals surface area contributed by atoms with Crippen molar-refractivity contribution in [2.75, 3.05) is 0 Å². The lowest BCUT2D eigenvalue weighted by molar-refractivity contribution is -0.141. The topological polar surface area (TPSA) is 83.5 Å². The Balaban J connectivity index is 2.17. The minimum Gasteiger partial charge on any atom is -0.481 e. The molecule has 2 rings (SSSR count). The molecule has 1 fully saturated rings. The zero-order chi connectivity index (χ0) is 14.9. The molecule has 110 valence electrons. The standard InChI is InChI=1S/C12H13ClFNO4S/c13-9-2-1-3-10(11(9)14)20(18,19)15-8-5-4-7(6-8)12(16)17/h1-3,7-8,15H,4-6H2,(H,16,17)/t7-,8+/m1/s1. The molecule has 8 heteroatoms. The van der Waals surface area contributed by atoms with Crippen LogP contribution in [0.4, 0.5) is 4.39 Å². The quantitative estimate of drug-likeness (QED) is 0.888. The van der Waals surface area contributed by atoms with Crippen molar-refractivity contribution >= 4 is 27.6 Å². The van der Waals surface area contributed by atoms with Crippen molar-refractivity contribution in [1.29, 1.82) is 0 Å². The number of sulfonamides is 1. The van der Waals surface area contributed by atoms with E-state index in [9.17, 15) is 17.6 Å². The molecule has 1 aliphatic rings. The number of carboxylic acid groups (broad SMARTS) is 1. The highest BCUT2D eigenvalue weighted by molar-refractivity contribution is 7.89. The second kappa shape index (κ2) is 5.67. The summed E-state index contributed by atoms with van der Waals surface area (Å²) in [6, 6.07) is 3.22. The van der Waals surface area contributed by atoms with Gasteiger partial charge in [-0.25, -0.2) is 17.5 Å². The molecule has 0 unspecified atom stereocenters. The van der Waals surface area contributed by atoms with E-state index in [1.54, 1.807) is 0 Å². The van der Waals surface area contributed by atoms with Crippen LogP contribution in [0.1, 0.15) is 19.3 Å². The van der Waals surface area contributed by atoms with Gasteiger partial charge < -0.3 is 5.11 Å². The van der Waals surface area contributed by atoms with Gasteiger partial charge in [-0.15, -0.1) is 0 Å². The Morgan fingerprint density at radius 3 is 2.70 bits per heavy atom. The number of aliphatic carboxylic acids is 1. The Bertz CT molecular complexity index is 634. The molecule has 0 saturated heterocycles. The van der Waals surface area contributed by atoms with Crippen molar-refractivity contribution < 1.29 is 22.7 Å². The molecule has 0 radical (unpaired) electrons. The summed E-state index contributed by atoms with van der Waals surface area (Å²) in [4.78, 5) is 10.3. The minimum atomic E-state index is -4.05. The normalized spacial score (nSPS) is 22.9. The molecule has 1 saturated carbocycles. The Labute approximate surface area is 120 Å². The van der Waals surface area contributed by atoms with E-state index in [4.69, 9.17) is 16.7 Å². The summed E-state index contributed by atoms with van der Waals surface area (Å²) in [5.41, 5.74) is 0. The SMILES string of the molecule is O=C(O)[C@@H]1CC[C@H](NS(=O)(=O)c2cccc(Cl)c2F)C1. The number of hydrogen-bond acceptors (Lipinski definition) is 3. The average Bonchev–Trinajstić information content (AvgIpc) is 2.80. The minimum absolute atomic E-state index is 0.205. The van der Waals surface area contributed by atoms with Crippen LogP contribution in [0.25, 0.3) is 0 Å². The van der Waals surface area contributed by atoms with Gasteiger partial charge in [-0.1, -0.05) is 17.7 Å². The van der Waals surface area contributed by atoms with Crippen LogP contribution in [0, 0.1) is 11.7 Å². The Kier molecular flexibility index (Phi) is 4.31. The van der Waals surface area contributed by atoms with E-state index in [2.05, 4.69) is 4.72 Å². The van der Waals surface area contributed by atoms with Crippen LogP contribution >= 0.6 is 11.6 Å². The fourth-order valence-corrected chi connectivity index (χ4v) is 3.90. The summed E-state index contributed by atoms with van der Waals surface area (Å²) in [6.45, 7) is 0. The monoisotopic (exact) mass is 321 g/mol. The molecule has 0 amide bonds. The van der Waals surface area contributed by atoms with Gasteiger partial charge in [0.25, 0.3) is 0 Å². The van der Waals surface area contributed by atoms with Crippen LogP contribution in [0.15, 0.2) is 23.1 Å². The van der Waals surface area contributed by atoms with Crippen LogP contribution < -0.4 is 4.72 Å². The highest BCUT2D eigenvalue weighted by atomic mass is 35.5. The van der Waals surface area contributed by atoms with Crippen LogP contribution in [-0.4, -0.2) is 25.5 Å². The van der Waals surface area contributed by atoms with Gasteiger partial charge in [-0.3, -0.25) is 4.79 Å². The molecule has 1 aliphatic carbocycles. The maximum absolute atomic E-state index is 13.7. The third-order valence-corrected chi connectivity index (χ3v) is 5.14. The van der Waals surface area contributed by atoms with Crippen molar-refractivity contribution in [2.24, 2.45) is 5.92 Å². The van der Waals surface area contributed by atoms with Gasteiger partial charge in [0.2, 0.25) is 10.0 Å².